The van der Waals surface area contributed by atoms with E-state index in [1.54, 1.807) is 0 Å². The van der Waals surface area contributed by atoms with Gasteiger partial charge in [0.15, 0.2) is 11.5 Å². The van der Waals surface area contributed by atoms with Gasteiger partial charge in [0.1, 0.15) is 0 Å². The first-order chi connectivity index (χ1) is 14.6. The van der Waals surface area contributed by atoms with E-state index >= 15 is 0 Å². The van der Waals surface area contributed by atoms with Crippen LogP contribution in [0.2, 0.25) is 0 Å². The first-order valence-electron chi connectivity index (χ1n) is 11.6. The summed E-state index contributed by atoms with van der Waals surface area (Å²) in [6.07, 6.45) is 6.60. The zero-order valence-electron chi connectivity index (χ0n) is 18.3. The van der Waals surface area contributed by atoms with E-state index in [9.17, 15) is 9.59 Å². The fourth-order valence-electron chi connectivity index (χ4n) is 5.40. The monoisotopic (exact) mass is 414 g/mol. The fourth-order valence-corrected chi connectivity index (χ4v) is 5.40. The van der Waals surface area contributed by atoms with Gasteiger partial charge in [-0.25, -0.2) is 0 Å². The number of hydrogen-bond acceptors (Lipinski definition) is 4. The first-order valence-corrected chi connectivity index (χ1v) is 11.6. The van der Waals surface area contributed by atoms with Crippen molar-refractivity contribution in [3.63, 3.8) is 0 Å². The third kappa shape index (κ3) is 3.77. The highest BCUT2D eigenvalue weighted by Crippen LogP contribution is 2.45. The van der Waals surface area contributed by atoms with Gasteiger partial charge < -0.3 is 19.3 Å². The molecule has 1 aromatic rings. The highest BCUT2D eigenvalue weighted by Gasteiger charge is 2.45. The molecule has 1 saturated carbocycles. The topological polar surface area (TPSA) is 59.1 Å². The Labute approximate surface area is 179 Å². The van der Waals surface area contributed by atoms with E-state index in [4.69, 9.17) is 9.47 Å². The van der Waals surface area contributed by atoms with Gasteiger partial charge in [0.25, 0.3) is 0 Å². The molecule has 6 nitrogen and oxygen atoms in total. The van der Waals surface area contributed by atoms with E-state index in [2.05, 4.69) is 0 Å². The predicted molar refractivity (Wildman–Crippen MR) is 115 cm³/mol. The lowest BCUT2D eigenvalue weighted by atomic mass is 9.68. The van der Waals surface area contributed by atoms with Crippen LogP contribution in [0.25, 0.3) is 0 Å². The van der Waals surface area contributed by atoms with E-state index in [1.165, 1.54) is 6.42 Å². The summed E-state index contributed by atoms with van der Waals surface area (Å²) in [6, 6.07) is 6.01. The van der Waals surface area contributed by atoms with Crippen LogP contribution in [0.15, 0.2) is 18.2 Å². The van der Waals surface area contributed by atoms with E-state index in [1.807, 2.05) is 41.8 Å². The SMILES string of the molecule is CCN(CC)C(=O)C1CCN(C(=O)C2(c3ccc4c(c3)OCO4)CCCCC2)CC1. The molecule has 0 radical (unpaired) electrons. The van der Waals surface area contributed by atoms with Crippen molar-refractivity contribution in [1.82, 2.24) is 9.80 Å². The van der Waals surface area contributed by atoms with Crippen molar-refractivity contribution in [2.24, 2.45) is 5.92 Å². The Bertz CT molecular complexity index is 775. The van der Waals surface area contributed by atoms with Crippen LogP contribution in [0.5, 0.6) is 11.5 Å². The van der Waals surface area contributed by atoms with Gasteiger partial charge in [-0.1, -0.05) is 25.3 Å². The molecule has 3 aliphatic rings. The van der Waals surface area contributed by atoms with Gasteiger partial charge in [0.05, 0.1) is 5.41 Å². The van der Waals surface area contributed by atoms with Gasteiger partial charge in [0, 0.05) is 32.1 Å². The zero-order chi connectivity index (χ0) is 21.1. The third-order valence-electron chi connectivity index (χ3n) is 7.25. The summed E-state index contributed by atoms with van der Waals surface area (Å²) in [5.41, 5.74) is 0.576. The van der Waals surface area contributed by atoms with Crippen LogP contribution in [0.1, 0.15) is 64.4 Å². The summed E-state index contributed by atoms with van der Waals surface area (Å²) in [4.78, 5) is 30.5. The van der Waals surface area contributed by atoms with Crippen LogP contribution in [0, 0.1) is 5.92 Å². The van der Waals surface area contributed by atoms with Gasteiger partial charge in [-0.05, 0) is 57.2 Å². The first kappa shape index (κ1) is 21.0. The Morgan fingerprint density at radius 2 is 1.70 bits per heavy atom. The number of piperidine rings is 1. The molecule has 0 bridgehead atoms. The van der Waals surface area contributed by atoms with Crippen molar-refractivity contribution in [2.75, 3.05) is 33.0 Å². The quantitative estimate of drug-likeness (QED) is 0.737. The Morgan fingerprint density at radius 1 is 1.03 bits per heavy atom. The van der Waals surface area contributed by atoms with E-state index in [0.717, 1.165) is 68.7 Å². The Morgan fingerprint density at radius 3 is 2.37 bits per heavy atom. The fraction of sp³-hybridized carbons (Fsp3) is 0.667. The van der Waals surface area contributed by atoms with Crippen molar-refractivity contribution in [2.45, 2.75) is 64.2 Å². The number of fused-ring (bicyclic) bond motifs is 1. The molecule has 2 fully saturated rings. The van der Waals surface area contributed by atoms with E-state index in [-0.39, 0.29) is 24.5 Å². The number of nitrogens with zero attached hydrogens (tertiary/aromatic N) is 2. The summed E-state index contributed by atoms with van der Waals surface area (Å²) in [5.74, 6) is 2.02. The zero-order valence-corrected chi connectivity index (χ0v) is 18.3. The summed E-state index contributed by atoms with van der Waals surface area (Å²) < 4.78 is 11.1. The molecule has 1 aliphatic carbocycles. The molecule has 0 N–H and O–H groups in total. The predicted octanol–water partition coefficient (Wildman–Crippen LogP) is 3.72. The molecule has 2 amide bonds. The number of likely N-dealkylation sites (tertiary alicyclic amines) is 1. The minimum Gasteiger partial charge on any atom is -0.454 e. The van der Waals surface area contributed by atoms with Crippen molar-refractivity contribution in [3.05, 3.63) is 23.8 Å². The molecule has 0 unspecified atom stereocenters. The summed E-state index contributed by atoms with van der Waals surface area (Å²) in [7, 11) is 0. The molecule has 30 heavy (non-hydrogen) atoms. The van der Waals surface area contributed by atoms with Gasteiger partial charge in [-0.15, -0.1) is 0 Å². The molecule has 0 spiro atoms. The number of rotatable bonds is 5. The molecular weight excluding hydrogens is 380 g/mol. The lowest BCUT2D eigenvalue weighted by Gasteiger charge is -2.42. The van der Waals surface area contributed by atoms with Crippen LogP contribution in [-0.2, 0) is 15.0 Å². The van der Waals surface area contributed by atoms with Crippen LogP contribution in [0.4, 0.5) is 0 Å². The average Bonchev–Trinajstić information content (AvgIpc) is 3.28. The molecule has 2 heterocycles. The second-order valence-electron chi connectivity index (χ2n) is 8.79. The summed E-state index contributed by atoms with van der Waals surface area (Å²) >= 11 is 0. The molecular formula is C24H34N2O4. The number of amides is 2. The third-order valence-corrected chi connectivity index (χ3v) is 7.25. The standard InChI is InChI=1S/C24H34N2O4/c1-3-25(4-2)22(27)18-10-14-26(15-11-18)23(28)24(12-6-5-7-13-24)19-8-9-20-21(16-19)30-17-29-20/h8-9,16,18H,3-7,10-15,17H2,1-2H3. The Kier molecular flexibility index (Phi) is 6.21. The van der Waals surface area contributed by atoms with Crippen molar-refractivity contribution in [1.29, 1.82) is 0 Å². The van der Waals surface area contributed by atoms with Crippen LogP contribution in [0.3, 0.4) is 0 Å². The second-order valence-corrected chi connectivity index (χ2v) is 8.79. The van der Waals surface area contributed by atoms with Gasteiger partial charge in [-0.3, -0.25) is 9.59 Å². The maximum absolute atomic E-state index is 13.9. The van der Waals surface area contributed by atoms with Gasteiger partial charge in [-0.2, -0.15) is 0 Å². The maximum Gasteiger partial charge on any atom is 0.233 e. The Balaban J connectivity index is 1.51. The molecule has 6 heteroatoms. The number of carbonyl (C=O) groups is 2. The molecule has 164 valence electrons. The average molecular weight is 415 g/mol. The van der Waals surface area contributed by atoms with Crippen molar-refractivity contribution >= 4 is 11.8 Å². The minimum absolute atomic E-state index is 0.0433. The second kappa shape index (κ2) is 8.86. The normalized spacial score (nSPS) is 20.8. The minimum atomic E-state index is -0.477. The number of ether oxygens (including phenoxy) is 2. The lowest BCUT2D eigenvalue weighted by molar-refractivity contribution is -0.144. The van der Waals surface area contributed by atoms with Crippen LogP contribution >= 0.6 is 0 Å². The smallest absolute Gasteiger partial charge is 0.233 e. The van der Waals surface area contributed by atoms with E-state index < -0.39 is 5.41 Å². The molecule has 1 aromatic carbocycles. The lowest BCUT2D eigenvalue weighted by Crippen LogP contribution is -2.52. The van der Waals surface area contributed by atoms with Gasteiger partial charge in [0.2, 0.25) is 18.6 Å². The van der Waals surface area contributed by atoms with Crippen LogP contribution in [-0.4, -0.2) is 54.6 Å². The highest BCUT2D eigenvalue weighted by molar-refractivity contribution is 5.89. The van der Waals surface area contributed by atoms with Crippen molar-refractivity contribution in [3.8, 4) is 11.5 Å². The number of benzene rings is 1. The summed E-state index contributed by atoms with van der Waals surface area (Å²) in [5, 5.41) is 0. The maximum atomic E-state index is 13.9. The molecule has 0 aromatic heterocycles. The highest BCUT2D eigenvalue weighted by atomic mass is 16.7. The van der Waals surface area contributed by atoms with E-state index in [0.29, 0.717) is 13.1 Å². The largest absolute Gasteiger partial charge is 0.454 e. The number of carbonyl (C=O) groups excluding carboxylic acids is 2. The van der Waals surface area contributed by atoms with Crippen LogP contribution < -0.4 is 9.47 Å². The molecule has 1 saturated heterocycles. The Hall–Kier alpha value is -2.24. The van der Waals surface area contributed by atoms with Gasteiger partial charge >= 0.3 is 0 Å². The molecule has 0 atom stereocenters. The van der Waals surface area contributed by atoms with Crippen molar-refractivity contribution < 1.29 is 19.1 Å². The molecule has 4 rings (SSSR count). The molecule has 2 aliphatic heterocycles. The summed E-state index contributed by atoms with van der Waals surface area (Å²) in [6.45, 7) is 7.14. The number of hydrogen-bond donors (Lipinski definition) is 0.